The van der Waals surface area contributed by atoms with Gasteiger partial charge < -0.3 is 14.8 Å². The molecule has 132 valence electrons. The van der Waals surface area contributed by atoms with E-state index in [0.29, 0.717) is 23.5 Å². The van der Waals surface area contributed by atoms with Gasteiger partial charge in [-0.1, -0.05) is 34.3 Å². The van der Waals surface area contributed by atoms with Gasteiger partial charge in [0.25, 0.3) is 0 Å². The lowest BCUT2D eigenvalue weighted by atomic mass is 9.61. The first-order valence-corrected chi connectivity index (χ1v) is 8.26. The highest BCUT2D eigenvalue weighted by atomic mass is 16.6. The molecule has 5 heteroatoms. The van der Waals surface area contributed by atoms with Crippen molar-refractivity contribution in [2.45, 2.75) is 53.9 Å². The predicted octanol–water partition coefficient (Wildman–Crippen LogP) is 3.68. The largest absolute Gasteiger partial charge is 0.459 e. The topological polar surface area (TPSA) is 64.6 Å². The van der Waals surface area contributed by atoms with E-state index in [1.54, 1.807) is 6.92 Å². The number of ether oxygens (including phenoxy) is 2. The molecule has 0 aliphatic heterocycles. The Bertz CT molecular complexity index is 458. The summed E-state index contributed by atoms with van der Waals surface area (Å²) in [5, 5.41) is 2.84. The van der Waals surface area contributed by atoms with Crippen molar-refractivity contribution in [1.29, 1.82) is 0 Å². The van der Waals surface area contributed by atoms with Gasteiger partial charge in [0.1, 0.15) is 13.2 Å². The van der Waals surface area contributed by atoms with Crippen molar-refractivity contribution in [1.82, 2.24) is 5.32 Å². The minimum Gasteiger partial charge on any atom is -0.459 e. The summed E-state index contributed by atoms with van der Waals surface area (Å²) in [7, 11) is 0. The average Bonchev–Trinajstić information content (AvgIpc) is 2.38. The van der Waals surface area contributed by atoms with Gasteiger partial charge in [-0.15, -0.1) is 0 Å². The molecule has 1 N–H and O–H groups in total. The Kier molecular flexibility index (Phi) is 6.66. The monoisotopic (exact) mass is 325 g/mol. The van der Waals surface area contributed by atoms with Crippen LogP contribution in [0.3, 0.4) is 0 Å². The molecule has 2 unspecified atom stereocenters. The first kappa shape index (κ1) is 19.5. The van der Waals surface area contributed by atoms with Crippen molar-refractivity contribution >= 4 is 12.1 Å². The van der Waals surface area contributed by atoms with Gasteiger partial charge in [0.2, 0.25) is 0 Å². The second-order valence-corrected chi connectivity index (χ2v) is 8.07. The third kappa shape index (κ3) is 7.06. The lowest BCUT2D eigenvalue weighted by Crippen LogP contribution is -2.43. The van der Waals surface area contributed by atoms with Gasteiger partial charge in [0.15, 0.2) is 0 Å². The maximum Gasteiger partial charge on any atom is 0.407 e. The summed E-state index contributed by atoms with van der Waals surface area (Å²) in [6.45, 7) is 14.8. The highest BCUT2D eigenvalue weighted by Crippen LogP contribution is 2.48. The van der Waals surface area contributed by atoms with E-state index in [0.717, 1.165) is 12.8 Å². The fourth-order valence-electron chi connectivity index (χ4n) is 4.02. The van der Waals surface area contributed by atoms with E-state index in [1.807, 2.05) is 0 Å². The SMILES string of the molecule is C=C(C)C(=O)OCCOC(=O)NCC1(C)CC(C)CC(C)(C)C1. The number of nitrogens with one attached hydrogen (secondary N) is 1. The van der Waals surface area contributed by atoms with Crippen LogP contribution < -0.4 is 5.32 Å². The molecule has 0 bridgehead atoms. The molecule has 0 aromatic carbocycles. The lowest BCUT2D eigenvalue weighted by Gasteiger charge is -2.45. The quantitative estimate of drug-likeness (QED) is 0.459. The van der Waals surface area contributed by atoms with Crippen LogP contribution in [0, 0.1) is 16.7 Å². The first-order valence-electron chi connectivity index (χ1n) is 8.26. The summed E-state index contributed by atoms with van der Waals surface area (Å²) in [5.41, 5.74) is 0.720. The van der Waals surface area contributed by atoms with E-state index in [9.17, 15) is 9.59 Å². The molecule has 0 spiro atoms. The van der Waals surface area contributed by atoms with Crippen LogP contribution >= 0.6 is 0 Å². The van der Waals surface area contributed by atoms with Gasteiger partial charge >= 0.3 is 12.1 Å². The zero-order valence-corrected chi connectivity index (χ0v) is 15.2. The molecule has 1 saturated carbocycles. The fraction of sp³-hybridized carbons (Fsp3) is 0.778. The molecular weight excluding hydrogens is 294 g/mol. The van der Waals surface area contributed by atoms with E-state index >= 15 is 0 Å². The molecule has 1 fully saturated rings. The van der Waals surface area contributed by atoms with E-state index in [1.165, 1.54) is 6.42 Å². The normalized spacial score (nSPS) is 26.2. The highest BCUT2D eigenvalue weighted by Gasteiger charge is 2.39. The zero-order valence-electron chi connectivity index (χ0n) is 15.2. The number of hydrogen-bond donors (Lipinski definition) is 1. The van der Waals surface area contributed by atoms with Gasteiger partial charge in [-0.2, -0.15) is 0 Å². The van der Waals surface area contributed by atoms with E-state index in [4.69, 9.17) is 9.47 Å². The van der Waals surface area contributed by atoms with Gasteiger partial charge in [-0.05, 0) is 42.9 Å². The highest BCUT2D eigenvalue weighted by molar-refractivity contribution is 5.86. The molecule has 1 rings (SSSR count). The Morgan fingerprint density at radius 3 is 2.35 bits per heavy atom. The van der Waals surface area contributed by atoms with Crippen LogP contribution in [0.1, 0.15) is 53.9 Å². The summed E-state index contributed by atoms with van der Waals surface area (Å²) in [6.07, 6.45) is 2.95. The smallest absolute Gasteiger partial charge is 0.407 e. The molecule has 0 aromatic rings. The van der Waals surface area contributed by atoms with E-state index in [2.05, 4.69) is 39.6 Å². The number of esters is 1. The number of rotatable bonds is 6. The Morgan fingerprint density at radius 2 is 1.78 bits per heavy atom. The van der Waals surface area contributed by atoms with Crippen molar-refractivity contribution in [3.63, 3.8) is 0 Å². The van der Waals surface area contributed by atoms with Gasteiger partial charge in [-0.25, -0.2) is 9.59 Å². The Morgan fingerprint density at radius 1 is 1.17 bits per heavy atom. The summed E-state index contributed by atoms with van der Waals surface area (Å²) >= 11 is 0. The van der Waals surface area contributed by atoms with Gasteiger partial charge in [0.05, 0.1) is 0 Å². The molecule has 1 aliphatic carbocycles. The maximum absolute atomic E-state index is 11.8. The standard InChI is InChI=1S/C18H31NO4/c1-13(2)15(20)22-7-8-23-16(21)19-12-18(6)10-14(3)9-17(4,5)11-18/h14H,1,7-12H2,2-6H3,(H,19,21). The minimum atomic E-state index is -0.472. The number of amides is 1. The summed E-state index contributed by atoms with van der Waals surface area (Å²) in [5.74, 6) is 0.183. The molecular formula is C18H31NO4. The fourth-order valence-corrected chi connectivity index (χ4v) is 4.02. The predicted molar refractivity (Wildman–Crippen MR) is 90.0 cm³/mol. The Balaban J connectivity index is 2.30. The number of carbonyl (C=O) groups excluding carboxylic acids is 2. The molecule has 5 nitrogen and oxygen atoms in total. The summed E-state index contributed by atoms with van der Waals surface area (Å²) in [4.78, 5) is 22.9. The van der Waals surface area contributed by atoms with Crippen molar-refractivity contribution in [3.8, 4) is 0 Å². The molecule has 2 atom stereocenters. The van der Waals surface area contributed by atoms with Crippen LogP contribution in [0.25, 0.3) is 0 Å². The zero-order chi connectivity index (χ0) is 17.7. The van der Waals surface area contributed by atoms with Crippen molar-refractivity contribution < 1.29 is 19.1 Å². The second-order valence-electron chi connectivity index (χ2n) is 8.07. The molecule has 0 aromatic heterocycles. The van der Waals surface area contributed by atoms with Crippen LogP contribution in [0.2, 0.25) is 0 Å². The van der Waals surface area contributed by atoms with E-state index in [-0.39, 0.29) is 18.6 Å². The van der Waals surface area contributed by atoms with E-state index < -0.39 is 12.1 Å². The molecule has 1 amide bonds. The third-order valence-corrected chi connectivity index (χ3v) is 4.21. The first-order chi connectivity index (χ1) is 10.5. The molecule has 0 radical (unpaired) electrons. The Labute approximate surface area is 139 Å². The van der Waals surface area contributed by atoms with Gasteiger partial charge in [-0.3, -0.25) is 0 Å². The maximum atomic E-state index is 11.8. The average molecular weight is 325 g/mol. The van der Waals surface area contributed by atoms with Crippen LogP contribution in [-0.4, -0.2) is 31.8 Å². The summed E-state index contributed by atoms with van der Waals surface area (Å²) < 4.78 is 9.90. The van der Waals surface area contributed by atoms with Crippen LogP contribution in [-0.2, 0) is 14.3 Å². The van der Waals surface area contributed by atoms with Crippen LogP contribution in [0.4, 0.5) is 4.79 Å². The Hall–Kier alpha value is -1.52. The van der Waals surface area contributed by atoms with Crippen LogP contribution in [0.15, 0.2) is 12.2 Å². The van der Waals surface area contributed by atoms with Crippen molar-refractivity contribution in [3.05, 3.63) is 12.2 Å². The van der Waals surface area contributed by atoms with Crippen molar-refractivity contribution in [2.75, 3.05) is 19.8 Å². The minimum absolute atomic E-state index is 0.0421. The van der Waals surface area contributed by atoms with Crippen LogP contribution in [0.5, 0.6) is 0 Å². The lowest BCUT2D eigenvalue weighted by molar-refractivity contribution is -0.139. The molecule has 0 heterocycles. The summed E-state index contributed by atoms with van der Waals surface area (Å²) in [6, 6.07) is 0. The number of alkyl carbamates (subject to hydrolysis) is 1. The molecule has 1 aliphatic rings. The van der Waals surface area contributed by atoms with Crippen molar-refractivity contribution in [2.24, 2.45) is 16.7 Å². The molecule has 23 heavy (non-hydrogen) atoms. The number of hydrogen-bond acceptors (Lipinski definition) is 4. The second kappa shape index (κ2) is 7.84. The third-order valence-electron chi connectivity index (χ3n) is 4.21. The molecule has 0 saturated heterocycles. The number of carbonyl (C=O) groups is 2. The van der Waals surface area contributed by atoms with Gasteiger partial charge in [0, 0.05) is 12.1 Å².